The largest absolute Gasteiger partial charge is 0.355 e. The van der Waals surface area contributed by atoms with Crippen molar-refractivity contribution in [3.63, 3.8) is 0 Å². The van der Waals surface area contributed by atoms with Gasteiger partial charge in [0.1, 0.15) is 0 Å². The van der Waals surface area contributed by atoms with E-state index >= 15 is 0 Å². The quantitative estimate of drug-likeness (QED) is 0.564. The number of likely N-dealkylation sites (tertiary alicyclic amines) is 1. The summed E-state index contributed by atoms with van der Waals surface area (Å²) in [6.45, 7) is 1.81. The Morgan fingerprint density at radius 2 is 1.79 bits per heavy atom. The summed E-state index contributed by atoms with van der Waals surface area (Å²) in [5.74, 6) is -0.144. The first kappa shape index (κ1) is 23.9. The van der Waals surface area contributed by atoms with Gasteiger partial charge in [-0.1, -0.05) is 30.3 Å². The van der Waals surface area contributed by atoms with Gasteiger partial charge in [-0.25, -0.2) is 0 Å². The molecular formula is C20H31ClN4O3. The summed E-state index contributed by atoms with van der Waals surface area (Å²) in [6.07, 6.45) is 3.79. The van der Waals surface area contributed by atoms with Crippen LogP contribution in [0.5, 0.6) is 0 Å². The molecule has 4 N–H and O–H groups in total. The molecule has 1 fully saturated rings. The van der Waals surface area contributed by atoms with Crippen molar-refractivity contribution in [1.29, 1.82) is 0 Å². The first-order valence-electron chi connectivity index (χ1n) is 9.67. The maximum atomic E-state index is 12.6. The number of amides is 3. The highest BCUT2D eigenvalue weighted by Gasteiger charge is 2.26. The van der Waals surface area contributed by atoms with Crippen molar-refractivity contribution in [3.05, 3.63) is 35.9 Å². The Hall–Kier alpha value is -2.12. The number of carbonyl (C=O) groups excluding carboxylic acids is 3. The van der Waals surface area contributed by atoms with Gasteiger partial charge in [-0.15, -0.1) is 12.4 Å². The van der Waals surface area contributed by atoms with Gasteiger partial charge in [-0.3, -0.25) is 14.4 Å². The first-order valence-corrected chi connectivity index (χ1v) is 9.67. The van der Waals surface area contributed by atoms with E-state index in [0.29, 0.717) is 39.0 Å². The minimum atomic E-state index is -0.0850. The van der Waals surface area contributed by atoms with Crippen molar-refractivity contribution in [1.82, 2.24) is 15.5 Å². The molecule has 1 aliphatic rings. The van der Waals surface area contributed by atoms with Gasteiger partial charge in [0.05, 0.1) is 6.42 Å². The monoisotopic (exact) mass is 410 g/mol. The molecule has 3 amide bonds. The van der Waals surface area contributed by atoms with Gasteiger partial charge < -0.3 is 21.3 Å². The molecule has 1 aromatic rings. The van der Waals surface area contributed by atoms with Crippen LogP contribution in [0.3, 0.4) is 0 Å². The second-order valence-electron chi connectivity index (χ2n) is 6.84. The zero-order valence-electron chi connectivity index (χ0n) is 16.2. The summed E-state index contributed by atoms with van der Waals surface area (Å²) < 4.78 is 0. The average Bonchev–Trinajstić information content (AvgIpc) is 2.67. The van der Waals surface area contributed by atoms with Crippen LogP contribution in [0.4, 0.5) is 0 Å². The standard InChI is InChI=1S/C20H30N4O3.ClH/c21-11-9-18(25)23-15-17-8-4-5-13-24(17)20(27)10-12-22-19(26)14-16-6-2-1-3-7-16;/h1-3,6-7,17H,4-5,8-15,21H2,(H,22,26)(H,23,25);1H. The van der Waals surface area contributed by atoms with Crippen molar-refractivity contribution in [2.75, 3.05) is 26.2 Å². The van der Waals surface area contributed by atoms with Crippen molar-refractivity contribution >= 4 is 30.1 Å². The van der Waals surface area contributed by atoms with Crippen LogP contribution in [0.2, 0.25) is 0 Å². The predicted octanol–water partition coefficient (Wildman–Crippen LogP) is 1.00. The SMILES string of the molecule is Cl.NCCC(=O)NCC1CCCCN1C(=O)CCNC(=O)Cc1ccccc1. The molecule has 1 aromatic carbocycles. The molecule has 0 aliphatic carbocycles. The number of halogens is 1. The molecule has 0 spiro atoms. The van der Waals surface area contributed by atoms with Crippen molar-refractivity contribution in [3.8, 4) is 0 Å². The van der Waals surface area contributed by atoms with E-state index in [1.54, 1.807) is 0 Å². The molecule has 1 heterocycles. The van der Waals surface area contributed by atoms with E-state index in [2.05, 4.69) is 10.6 Å². The lowest BCUT2D eigenvalue weighted by Crippen LogP contribution is -2.50. The number of nitrogens with zero attached hydrogens (tertiary/aromatic N) is 1. The van der Waals surface area contributed by atoms with Crippen LogP contribution in [0.15, 0.2) is 30.3 Å². The summed E-state index contributed by atoms with van der Waals surface area (Å²) >= 11 is 0. The van der Waals surface area contributed by atoms with Gasteiger partial charge in [0, 0.05) is 45.1 Å². The summed E-state index contributed by atoms with van der Waals surface area (Å²) in [7, 11) is 0. The number of hydrogen-bond acceptors (Lipinski definition) is 4. The number of nitrogens with two attached hydrogens (primary N) is 1. The smallest absolute Gasteiger partial charge is 0.224 e. The molecule has 1 unspecified atom stereocenters. The fraction of sp³-hybridized carbons (Fsp3) is 0.550. The summed E-state index contributed by atoms with van der Waals surface area (Å²) in [4.78, 5) is 38.0. The van der Waals surface area contributed by atoms with Gasteiger partial charge in [-0.2, -0.15) is 0 Å². The summed E-state index contributed by atoms with van der Waals surface area (Å²) in [5, 5.41) is 5.67. The Morgan fingerprint density at radius 3 is 2.50 bits per heavy atom. The molecule has 8 heteroatoms. The minimum Gasteiger partial charge on any atom is -0.355 e. The predicted molar refractivity (Wildman–Crippen MR) is 111 cm³/mol. The maximum Gasteiger partial charge on any atom is 0.224 e. The van der Waals surface area contributed by atoms with Gasteiger partial charge in [0.25, 0.3) is 0 Å². The number of benzene rings is 1. The molecule has 1 saturated heterocycles. The molecule has 1 atom stereocenters. The Kier molecular flexibility index (Phi) is 11.2. The summed E-state index contributed by atoms with van der Waals surface area (Å²) in [5.41, 5.74) is 6.33. The molecule has 0 bridgehead atoms. The maximum absolute atomic E-state index is 12.6. The van der Waals surface area contributed by atoms with Gasteiger partial charge in [-0.05, 0) is 24.8 Å². The Bertz CT molecular complexity index is 627. The molecule has 0 saturated carbocycles. The number of nitrogens with one attached hydrogen (secondary N) is 2. The van der Waals surface area contributed by atoms with E-state index in [0.717, 1.165) is 24.8 Å². The van der Waals surface area contributed by atoms with Crippen LogP contribution in [-0.4, -0.2) is 54.8 Å². The third kappa shape index (κ3) is 8.27. The van der Waals surface area contributed by atoms with E-state index in [4.69, 9.17) is 5.73 Å². The van der Waals surface area contributed by atoms with E-state index in [1.165, 1.54) is 0 Å². The zero-order chi connectivity index (χ0) is 19.5. The highest BCUT2D eigenvalue weighted by molar-refractivity contribution is 5.85. The molecule has 28 heavy (non-hydrogen) atoms. The Balaban J connectivity index is 0.00000392. The van der Waals surface area contributed by atoms with Gasteiger partial charge in [0.2, 0.25) is 17.7 Å². The highest BCUT2D eigenvalue weighted by atomic mass is 35.5. The van der Waals surface area contributed by atoms with Crippen LogP contribution >= 0.6 is 12.4 Å². The number of carbonyl (C=O) groups is 3. The average molecular weight is 411 g/mol. The van der Waals surface area contributed by atoms with Crippen LogP contribution in [-0.2, 0) is 20.8 Å². The topological polar surface area (TPSA) is 105 Å². The van der Waals surface area contributed by atoms with E-state index in [9.17, 15) is 14.4 Å². The Morgan fingerprint density at radius 1 is 1.04 bits per heavy atom. The first-order chi connectivity index (χ1) is 13.1. The van der Waals surface area contributed by atoms with Gasteiger partial charge in [0.15, 0.2) is 0 Å². The Labute approximate surface area is 172 Å². The van der Waals surface area contributed by atoms with Crippen LogP contribution in [0, 0.1) is 0 Å². The molecule has 156 valence electrons. The highest BCUT2D eigenvalue weighted by Crippen LogP contribution is 2.17. The number of rotatable bonds is 9. The lowest BCUT2D eigenvalue weighted by atomic mass is 10.0. The fourth-order valence-corrected chi connectivity index (χ4v) is 3.29. The van der Waals surface area contributed by atoms with E-state index < -0.39 is 0 Å². The van der Waals surface area contributed by atoms with Crippen LogP contribution in [0.25, 0.3) is 0 Å². The molecule has 7 nitrogen and oxygen atoms in total. The molecule has 1 aliphatic heterocycles. The fourth-order valence-electron chi connectivity index (χ4n) is 3.29. The summed E-state index contributed by atoms with van der Waals surface area (Å²) in [6, 6.07) is 9.54. The van der Waals surface area contributed by atoms with Crippen molar-refractivity contribution < 1.29 is 14.4 Å². The zero-order valence-corrected chi connectivity index (χ0v) is 17.0. The molecular weight excluding hydrogens is 380 g/mol. The van der Waals surface area contributed by atoms with Crippen molar-refractivity contribution in [2.45, 2.75) is 44.6 Å². The van der Waals surface area contributed by atoms with E-state index in [-0.39, 0.29) is 42.6 Å². The van der Waals surface area contributed by atoms with Crippen LogP contribution in [0.1, 0.15) is 37.7 Å². The third-order valence-corrected chi connectivity index (χ3v) is 4.72. The van der Waals surface area contributed by atoms with Crippen LogP contribution < -0.4 is 16.4 Å². The number of hydrogen-bond donors (Lipinski definition) is 3. The van der Waals surface area contributed by atoms with Gasteiger partial charge >= 0.3 is 0 Å². The lowest BCUT2D eigenvalue weighted by molar-refractivity contribution is -0.135. The normalized spacial score (nSPS) is 16.0. The lowest BCUT2D eigenvalue weighted by Gasteiger charge is -2.36. The second-order valence-corrected chi connectivity index (χ2v) is 6.84. The van der Waals surface area contributed by atoms with Crippen molar-refractivity contribution in [2.24, 2.45) is 5.73 Å². The minimum absolute atomic E-state index is 0. The molecule has 0 aromatic heterocycles. The third-order valence-electron chi connectivity index (χ3n) is 4.72. The van der Waals surface area contributed by atoms with E-state index in [1.807, 2.05) is 35.2 Å². The molecule has 0 radical (unpaired) electrons. The second kappa shape index (κ2) is 13.1. The number of piperidine rings is 1. The molecule has 2 rings (SSSR count).